The van der Waals surface area contributed by atoms with Gasteiger partial charge < -0.3 is 9.64 Å². The Labute approximate surface area is 165 Å². The molecule has 2 heterocycles. The number of nitrogens with zero attached hydrogens (tertiary/aromatic N) is 2. The molecule has 0 saturated carbocycles. The number of halogens is 2. The van der Waals surface area contributed by atoms with Gasteiger partial charge in [0.15, 0.2) is 0 Å². The summed E-state index contributed by atoms with van der Waals surface area (Å²) >= 11 is 13.0. The quantitative estimate of drug-likeness (QED) is 0.690. The number of hydrogen-bond donors (Lipinski definition) is 0. The number of ether oxygens (including phenoxy) is 1. The molecule has 26 heavy (non-hydrogen) atoms. The molecule has 0 amide bonds. The number of carbonyl (C=O) groups is 1. The number of thiophene rings is 1. The predicted molar refractivity (Wildman–Crippen MR) is 103 cm³/mol. The van der Waals surface area contributed by atoms with Crippen LogP contribution < -0.4 is 4.90 Å². The second-order valence-corrected chi connectivity index (χ2v) is 9.23. The molecule has 2 aromatic rings. The Morgan fingerprint density at radius 1 is 1.12 bits per heavy atom. The molecular weight excluding hydrogens is 419 g/mol. The van der Waals surface area contributed by atoms with Gasteiger partial charge >= 0.3 is 5.97 Å². The Hall–Kier alpha value is -1.32. The van der Waals surface area contributed by atoms with Gasteiger partial charge in [-0.3, -0.25) is 0 Å². The number of benzene rings is 1. The highest BCUT2D eigenvalue weighted by Gasteiger charge is 2.33. The first-order valence-corrected chi connectivity index (χ1v) is 10.8. The fourth-order valence-electron chi connectivity index (χ4n) is 2.75. The summed E-state index contributed by atoms with van der Waals surface area (Å²) in [6.07, 6.45) is 0. The molecule has 1 aromatic carbocycles. The Kier molecular flexibility index (Phi) is 5.78. The van der Waals surface area contributed by atoms with E-state index in [1.807, 2.05) is 11.0 Å². The maximum absolute atomic E-state index is 12.9. The number of rotatable bonds is 4. The Balaban J connectivity index is 1.76. The smallest absolute Gasteiger partial charge is 0.349 e. The molecule has 0 unspecified atom stereocenters. The average molecular weight is 435 g/mol. The second kappa shape index (κ2) is 7.74. The van der Waals surface area contributed by atoms with Crippen molar-refractivity contribution in [2.24, 2.45) is 0 Å². The summed E-state index contributed by atoms with van der Waals surface area (Å²) in [7, 11) is -2.53. The third kappa shape index (κ3) is 3.70. The number of anilines is 1. The number of sulfonamides is 1. The van der Waals surface area contributed by atoms with Crippen molar-refractivity contribution in [3.05, 3.63) is 44.6 Å². The van der Waals surface area contributed by atoms with E-state index in [-0.39, 0.29) is 9.77 Å². The third-order valence-corrected chi connectivity index (χ3v) is 7.83. The highest BCUT2D eigenvalue weighted by Crippen LogP contribution is 2.30. The lowest BCUT2D eigenvalue weighted by Gasteiger charge is -2.35. The molecule has 0 N–H and O–H groups in total. The lowest BCUT2D eigenvalue weighted by Crippen LogP contribution is -2.48. The van der Waals surface area contributed by atoms with E-state index in [1.165, 1.54) is 17.5 Å². The fraction of sp³-hybridized carbons (Fsp3) is 0.312. The normalized spacial score (nSPS) is 15.9. The topological polar surface area (TPSA) is 66.9 Å². The lowest BCUT2D eigenvalue weighted by atomic mass is 10.2. The van der Waals surface area contributed by atoms with Gasteiger partial charge in [0.1, 0.15) is 9.77 Å². The Bertz CT molecular complexity index is 922. The Morgan fingerprint density at radius 2 is 1.81 bits per heavy atom. The van der Waals surface area contributed by atoms with Crippen molar-refractivity contribution in [2.75, 3.05) is 38.2 Å². The van der Waals surface area contributed by atoms with Crippen molar-refractivity contribution < 1.29 is 17.9 Å². The first-order chi connectivity index (χ1) is 12.3. The van der Waals surface area contributed by atoms with Crippen LogP contribution in [0.5, 0.6) is 0 Å². The zero-order valence-corrected chi connectivity index (χ0v) is 17.0. The summed E-state index contributed by atoms with van der Waals surface area (Å²) in [6.45, 7) is 1.63. The van der Waals surface area contributed by atoms with Gasteiger partial charge in [0, 0.05) is 31.9 Å². The van der Waals surface area contributed by atoms with E-state index in [0.29, 0.717) is 36.2 Å². The van der Waals surface area contributed by atoms with Gasteiger partial charge in [-0.15, -0.1) is 11.3 Å². The highest BCUT2D eigenvalue weighted by molar-refractivity contribution is 7.89. The molecule has 140 valence electrons. The zero-order chi connectivity index (χ0) is 18.9. The number of esters is 1. The monoisotopic (exact) mass is 434 g/mol. The van der Waals surface area contributed by atoms with Gasteiger partial charge in [-0.2, -0.15) is 4.31 Å². The molecule has 3 rings (SSSR count). The van der Waals surface area contributed by atoms with Crippen LogP contribution in [0.15, 0.2) is 34.5 Å². The number of hydrogen-bond acceptors (Lipinski definition) is 6. The van der Waals surface area contributed by atoms with E-state index in [0.717, 1.165) is 17.0 Å². The van der Waals surface area contributed by atoms with Crippen LogP contribution in [0.3, 0.4) is 0 Å². The summed E-state index contributed by atoms with van der Waals surface area (Å²) in [5.41, 5.74) is 0.891. The SMILES string of the molecule is COC(=O)c1sccc1S(=O)(=O)N1CCN(c2ccc(Cl)c(Cl)c2)CC1. The van der Waals surface area contributed by atoms with Crippen LogP contribution >= 0.6 is 34.5 Å². The van der Waals surface area contributed by atoms with Crippen LogP contribution in [0.2, 0.25) is 10.0 Å². The maximum Gasteiger partial charge on any atom is 0.349 e. The largest absolute Gasteiger partial charge is 0.465 e. The number of methoxy groups -OCH3 is 1. The van der Waals surface area contributed by atoms with Gasteiger partial charge in [-0.25, -0.2) is 13.2 Å². The van der Waals surface area contributed by atoms with Crippen LogP contribution in [0.1, 0.15) is 9.67 Å². The van der Waals surface area contributed by atoms with Crippen LogP contribution in [-0.4, -0.2) is 52.0 Å². The maximum atomic E-state index is 12.9. The molecule has 1 aromatic heterocycles. The van der Waals surface area contributed by atoms with E-state index in [2.05, 4.69) is 4.74 Å². The van der Waals surface area contributed by atoms with Gasteiger partial charge in [-0.1, -0.05) is 23.2 Å². The van der Waals surface area contributed by atoms with Gasteiger partial charge in [0.25, 0.3) is 0 Å². The summed E-state index contributed by atoms with van der Waals surface area (Å²) < 4.78 is 31.9. The molecule has 0 atom stereocenters. The van der Waals surface area contributed by atoms with Gasteiger partial charge in [0.2, 0.25) is 10.0 Å². The van der Waals surface area contributed by atoms with E-state index in [9.17, 15) is 13.2 Å². The van der Waals surface area contributed by atoms with Gasteiger partial charge in [-0.05, 0) is 29.6 Å². The van der Waals surface area contributed by atoms with E-state index >= 15 is 0 Å². The molecule has 0 spiro atoms. The average Bonchev–Trinajstić information content (AvgIpc) is 3.14. The molecule has 1 aliphatic rings. The van der Waals surface area contributed by atoms with Crippen LogP contribution in [0.25, 0.3) is 0 Å². The number of carbonyl (C=O) groups excluding carboxylic acids is 1. The lowest BCUT2D eigenvalue weighted by molar-refractivity contribution is 0.0602. The summed E-state index contributed by atoms with van der Waals surface area (Å²) in [6, 6.07) is 6.78. The van der Waals surface area contributed by atoms with Crippen molar-refractivity contribution >= 4 is 56.2 Å². The van der Waals surface area contributed by atoms with Gasteiger partial charge in [0.05, 0.1) is 17.2 Å². The first-order valence-electron chi connectivity index (χ1n) is 7.70. The number of piperazine rings is 1. The standard InChI is InChI=1S/C16H16Cl2N2O4S2/c1-24-16(21)15-14(4-9-25-15)26(22,23)20-7-5-19(6-8-20)11-2-3-12(17)13(18)10-11/h2-4,9-10H,5-8H2,1H3. The molecule has 0 bridgehead atoms. The molecule has 1 aliphatic heterocycles. The minimum atomic E-state index is -3.76. The molecule has 10 heteroatoms. The highest BCUT2D eigenvalue weighted by atomic mass is 35.5. The Morgan fingerprint density at radius 3 is 2.42 bits per heavy atom. The summed E-state index contributed by atoms with van der Waals surface area (Å²) in [4.78, 5) is 13.9. The fourth-order valence-corrected chi connectivity index (χ4v) is 5.77. The molecule has 6 nitrogen and oxygen atoms in total. The predicted octanol–water partition coefficient (Wildman–Crippen LogP) is 3.35. The minimum Gasteiger partial charge on any atom is -0.465 e. The van der Waals surface area contributed by atoms with Crippen LogP contribution in [0, 0.1) is 0 Å². The van der Waals surface area contributed by atoms with Crippen molar-refractivity contribution in [3.63, 3.8) is 0 Å². The molecular formula is C16H16Cl2N2O4S2. The van der Waals surface area contributed by atoms with E-state index in [1.54, 1.807) is 17.5 Å². The van der Waals surface area contributed by atoms with Crippen molar-refractivity contribution in [1.29, 1.82) is 0 Å². The van der Waals surface area contributed by atoms with E-state index in [4.69, 9.17) is 23.2 Å². The zero-order valence-electron chi connectivity index (χ0n) is 13.8. The molecule has 1 saturated heterocycles. The van der Waals surface area contributed by atoms with Crippen LogP contribution in [0.4, 0.5) is 5.69 Å². The van der Waals surface area contributed by atoms with Crippen molar-refractivity contribution in [2.45, 2.75) is 4.90 Å². The van der Waals surface area contributed by atoms with Crippen molar-refractivity contribution in [3.8, 4) is 0 Å². The van der Waals surface area contributed by atoms with Crippen molar-refractivity contribution in [1.82, 2.24) is 4.31 Å². The van der Waals surface area contributed by atoms with E-state index < -0.39 is 16.0 Å². The molecule has 1 fully saturated rings. The third-order valence-electron chi connectivity index (χ3n) is 4.12. The van der Waals surface area contributed by atoms with Crippen LogP contribution in [-0.2, 0) is 14.8 Å². The molecule has 0 aliphatic carbocycles. The summed E-state index contributed by atoms with van der Waals surface area (Å²) in [5, 5.41) is 2.51. The summed E-state index contributed by atoms with van der Waals surface area (Å²) in [5.74, 6) is -0.645. The minimum absolute atomic E-state index is 0.00247. The second-order valence-electron chi connectivity index (χ2n) is 5.60. The molecule has 0 radical (unpaired) electrons. The first kappa shape index (κ1) is 19.4.